The maximum absolute atomic E-state index is 12.1. The highest BCUT2D eigenvalue weighted by atomic mass is 35.5. The first-order chi connectivity index (χ1) is 11.2. The van der Waals surface area contributed by atoms with Crippen LogP contribution < -0.4 is 5.32 Å². The quantitative estimate of drug-likeness (QED) is 0.563. The van der Waals surface area contributed by atoms with Gasteiger partial charge < -0.3 is 9.88 Å². The second-order valence-corrected chi connectivity index (χ2v) is 6.11. The van der Waals surface area contributed by atoms with Crippen molar-refractivity contribution >= 4 is 46.0 Å². The Kier molecular flexibility index (Phi) is 4.83. The van der Waals surface area contributed by atoms with E-state index in [0.29, 0.717) is 5.69 Å². The molecule has 0 bridgehead atoms. The molecular formula is C16H15ClN4OS. The van der Waals surface area contributed by atoms with Crippen molar-refractivity contribution in [3.05, 3.63) is 47.7 Å². The Morgan fingerprint density at radius 2 is 2.13 bits per heavy atom. The number of rotatable bonds is 5. The largest absolute Gasteiger partial charge is 0.323 e. The molecule has 2 heterocycles. The average molecular weight is 347 g/mol. The summed E-state index contributed by atoms with van der Waals surface area (Å²) >= 11 is 7.34. The van der Waals surface area contributed by atoms with Gasteiger partial charge in [0.05, 0.1) is 22.5 Å². The number of carbonyl (C=O) groups is 1. The third-order valence-electron chi connectivity index (χ3n) is 3.30. The van der Waals surface area contributed by atoms with Crippen LogP contribution in [0.25, 0.3) is 11.0 Å². The molecule has 0 radical (unpaired) electrons. The maximum Gasteiger partial charge on any atom is 0.234 e. The number of carbonyl (C=O) groups excluding carboxylic acids is 1. The van der Waals surface area contributed by atoms with E-state index in [-0.39, 0.29) is 16.8 Å². The van der Waals surface area contributed by atoms with Crippen molar-refractivity contribution in [3.8, 4) is 0 Å². The van der Waals surface area contributed by atoms with Crippen molar-refractivity contribution in [1.82, 2.24) is 14.5 Å². The number of halogens is 1. The summed E-state index contributed by atoms with van der Waals surface area (Å²) in [6.45, 7) is 2.87. The van der Waals surface area contributed by atoms with Crippen molar-refractivity contribution in [2.45, 2.75) is 18.6 Å². The molecule has 0 unspecified atom stereocenters. The molecular weight excluding hydrogens is 332 g/mol. The lowest BCUT2D eigenvalue weighted by atomic mass is 10.3. The first kappa shape index (κ1) is 15.8. The molecule has 3 rings (SSSR count). The molecule has 0 aliphatic carbocycles. The molecule has 2 aromatic heterocycles. The minimum absolute atomic E-state index is 0.139. The number of anilines is 1. The van der Waals surface area contributed by atoms with E-state index in [2.05, 4.69) is 26.8 Å². The summed E-state index contributed by atoms with van der Waals surface area (Å²) in [5, 5.41) is 3.88. The van der Waals surface area contributed by atoms with Gasteiger partial charge in [0.15, 0.2) is 10.3 Å². The SMILES string of the molecule is CCn1c(SCC(=O)Nc2cccnc2Cl)nc2ccccc21. The van der Waals surface area contributed by atoms with Crippen LogP contribution in [0, 0.1) is 0 Å². The molecule has 0 saturated carbocycles. The average Bonchev–Trinajstić information content (AvgIpc) is 2.92. The number of pyridine rings is 1. The van der Waals surface area contributed by atoms with Crippen LogP contribution in [-0.2, 0) is 11.3 Å². The van der Waals surface area contributed by atoms with E-state index in [4.69, 9.17) is 11.6 Å². The third-order valence-corrected chi connectivity index (χ3v) is 4.58. The number of aromatic nitrogens is 3. The highest BCUT2D eigenvalue weighted by Gasteiger charge is 2.12. The van der Waals surface area contributed by atoms with Crippen LogP contribution in [0.3, 0.4) is 0 Å². The number of amides is 1. The molecule has 0 fully saturated rings. The lowest BCUT2D eigenvalue weighted by molar-refractivity contribution is -0.113. The zero-order valence-electron chi connectivity index (χ0n) is 12.5. The Balaban J connectivity index is 1.71. The van der Waals surface area contributed by atoms with Gasteiger partial charge in [-0.3, -0.25) is 4.79 Å². The van der Waals surface area contributed by atoms with Crippen LogP contribution >= 0.6 is 23.4 Å². The maximum atomic E-state index is 12.1. The molecule has 0 aliphatic heterocycles. The van der Waals surface area contributed by atoms with Gasteiger partial charge in [-0.15, -0.1) is 0 Å². The van der Waals surface area contributed by atoms with Gasteiger partial charge in [0.2, 0.25) is 5.91 Å². The molecule has 7 heteroatoms. The predicted molar refractivity (Wildman–Crippen MR) is 94.0 cm³/mol. The Morgan fingerprint density at radius 1 is 1.30 bits per heavy atom. The van der Waals surface area contributed by atoms with E-state index >= 15 is 0 Å². The monoisotopic (exact) mass is 346 g/mol. The highest BCUT2D eigenvalue weighted by molar-refractivity contribution is 7.99. The van der Waals surface area contributed by atoms with E-state index < -0.39 is 0 Å². The summed E-state index contributed by atoms with van der Waals surface area (Å²) in [4.78, 5) is 20.6. The molecule has 0 saturated heterocycles. The van der Waals surface area contributed by atoms with Crippen LogP contribution in [0.15, 0.2) is 47.8 Å². The van der Waals surface area contributed by atoms with Crippen molar-refractivity contribution in [2.24, 2.45) is 0 Å². The Morgan fingerprint density at radius 3 is 2.91 bits per heavy atom. The van der Waals surface area contributed by atoms with Crippen molar-refractivity contribution in [1.29, 1.82) is 0 Å². The number of nitrogens with zero attached hydrogens (tertiary/aromatic N) is 3. The van der Waals surface area contributed by atoms with E-state index in [9.17, 15) is 4.79 Å². The number of hydrogen-bond acceptors (Lipinski definition) is 4. The van der Waals surface area contributed by atoms with Crippen molar-refractivity contribution in [3.63, 3.8) is 0 Å². The topological polar surface area (TPSA) is 59.8 Å². The van der Waals surface area contributed by atoms with Gasteiger partial charge in [0.1, 0.15) is 0 Å². The molecule has 0 aliphatic rings. The van der Waals surface area contributed by atoms with E-state index in [1.165, 1.54) is 11.8 Å². The number of fused-ring (bicyclic) bond motifs is 1. The van der Waals surface area contributed by atoms with Crippen LogP contribution in [0.1, 0.15) is 6.92 Å². The van der Waals surface area contributed by atoms with Gasteiger partial charge in [-0.25, -0.2) is 9.97 Å². The standard InChI is InChI=1S/C16H15ClN4OS/c1-2-21-13-8-4-3-6-11(13)20-16(21)23-10-14(22)19-12-7-5-9-18-15(12)17/h3-9H,2,10H2,1H3,(H,19,22). The fourth-order valence-electron chi connectivity index (χ4n) is 2.26. The van der Waals surface area contributed by atoms with E-state index in [1.54, 1.807) is 18.3 Å². The van der Waals surface area contributed by atoms with Crippen LogP contribution in [-0.4, -0.2) is 26.2 Å². The van der Waals surface area contributed by atoms with E-state index in [1.807, 2.05) is 24.3 Å². The zero-order valence-corrected chi connectivity index (χ0v) is 14.1. The molecule has 1 N–H and O–H groups in total. The van der Waals surface area contributed by atoms with Gasteiger partial charge >= 0.3 is 0 Å². The molecule has 0 atom stereocenters. The Hall–Kier alpha value is -2.05. The van der Waals surface area contributed by atoms with Crippen molar-refractivity contribution < 1.29 is 4.79 Å². The minimum Gasteiger partial charge on any atom is -0.323 e. The van der Waals surface area contributed by atoms with E-state index in [0.717, 1.165) is 22.7 Å². The summed E-state index contributed by atoms with van der Waals surface area (Å²) in [5.41, 5.74) is 2.53. The summed E-state index contributed by atoms with van der Waals surface area (Å²) in [5.74, 6) is 0.119. The fourth-order valence-corrected chi connectivity index (χ4v) is 3.31. The number of benzene rings is 1. The van der Waals surface area contributed by atoms with Crippen LogP contribution in [0.5, 0.6) is 0 Å². The van der Waals surface area contributed by atoms with Gasteiger partial charge in [0, 0.05) is 12.7 Å². The zero-order chi connectivity index (χ0) is 16.2. The number of para-hydroxylation sites is 2. The number of imidazole rings is 1. The normalized spacial score (nSPS) is 10.9. The smallest absolute Gasteiger partial charge is 0.234 e. The number of hydrogen-bond donors (Lipinski definition) is 1. The number of aryl methyl sites for hydroxylation is 1. The van der Waals surface area contributed by atoms with Crippen LogP contribution in [0.4, 0.5) is 5.69 Å². The first-order valence-corrected chi connectivity index (χ1v) is 8.54. The highest BCUT2D eigenvalue weighted by Crippen LogP contribution is 2.24. The second kappa shape index (κ2) is 7.02. The molecule has 3 aromatic rings. The summed E-state index contributed by atoms with van der Waals surface area (Å²) < 4.78 is 2.10. The van der Waals surface area contributed by atoms with Gasteiger partial charge in [0.25, 0.3) is 0 Å². The molecule has 1 aromatic carbocycles. The van der Waals surface area contributed by atoms with Crippen molar-refractivity contribution in [2.75, 3.05) is 11.1 Å². The molecule has 23 heavy (non-hydrogen) atoms. The molecule has 118 valence electrons. The molecule has 5 nitrogen and oxygen atoms in total. The Labute approximate surface area is 143 Å². The minimum atomic E-state index is -0.139. The number of nitrogens with one attached hydrogen (secondary N) is 1. The third kappa shape index (κ3) is 3.48. The lowest BCUT2D eigenvalue weighted by Gasteiger charge is -2.07. The first-order valence-electron chi connectivity index (χ1n) is 7.17. The van der Waals surface area contributed by atoms with Gasteiger partial charge in [-0.2, -0.15) is 0 Å². The summed E-state index contributed by atoms with van der Waals surface area (Å²) in [7, 11) is 0. The van der Waals surface area contributed by atoms with Gasteiger partial charge in [-0.05, 0) is 31.2 Å². The molecule has 1 amide bonds. The number of thioether (sulfide) groups is 1. The summed E-state index contributed by atoms with van der Waals surface area (Å²) in [6.07, 6.45) is 1.58. The van der Waals surface area contributed by atoms with Gasteiger partial charge in [-0.1, -0.05) is 35.5 Å². The summed E-state index contributed by atoms with van der Waals surface area (Å²) in [6, 6.07) is 11.4. The lowest BCUT2D eigenvalue weighted by Crippen LogP contribution is -2.15. The second-order valence-electron chi connectivity index (χ2n) is 4.81. The fraction of sp³-hybridized carbons (Fsp3) is 0.188. The molecule has 0 spiro atoms. The Bertz CT molecular complexity index is 849. The predicted octanol–water partition coefficient (Wildman–Crippen LogP) is 3.84. The van der Waals surface area contributed by atoms with Crippen LogP contribution in [0.2, 0.25) is 5.15 Å².